The number of rotatable bonds is 3. The van der Waals surface area contributed by atoms with Crippen LogP contribution in [0.5, 0.6) is 0 Å². The van der Waals surface area contributed by atoms with Crippen LogP contribution in [0.2, 0.25) is 0 Å². The van der Waals surface area contributed by atoms with Crippen LogP contribution in [0.25, 0.3) is 0 Å². The van der Waals surface area contributed by atoms with Crippen LogP contribution in [0.3, 0.4) is 0 Å². The molecule has 0 atom stereocenters. The second-order valence-corrected chi connectivity index (χ2v) is 5.10. The first-order valence-corrected chi connectivity index (χ1v) is 6.58. The summed E-state index contributed by atoms with van der Waals surface area (Å²) in [4.78, 5) is 22.3. The quantitative estimate of drug-likeness (QED) is 0.683. The van der Waals surface area contributed by atoms with Crippen molar-refractivity contribution < 1.29 is 9.72 Å². The SMILES string of the molecule is Cc1ccc(Br)c(NC(=O)c2cccc([N+](=O)[O-])c2)c1. The number of anilines is 1. The van der Waals surface area contributed by atoms with E-state index in [2.05, 4.69) is 21.2 Å². The fraction of sp³-hybridized carbons (Fsp3) is 0.0714. The van der Waals surface area contributed by atoms with E-state index in [9.17, 15) is 14.9 Å². The van der Waals surface area contributed by atoms with Gasteiger partial charge in [0.05, 0.1) is 10.6 Å². The van der Waals surface area contributed by atoms with Gasteiger partial charge in [-0.15, -0.1) is 0 Å². The van der Waals surface area contributed by atoms with Crippen molar-refractivity contribution in [2.45, 2.75) is 6.92 Å². The Morgan fingerprint density at radius 2 is 2.00 bits per heavy atom. The average Bonchev–Trinajstić information content (AvgIpc) is 2.43. The first-order valence-electron chi connectivity index (χ1n) is 5.79. The Balaban J connectivity index is 2.26. The highest BCUT2D eigenvalue weighted by atomic mass is 79.9. The lowest BCUT2D eigenvalue weighted by atomic mass is 10.1. The van der Waals surface area contributed by atoms with Gasteiger partial charge in [0.2, 0.25) is 0 Å². The van der Waals surface area contributed by atoms with E-state index in [1.54, 1.807) is 0 Å². The highest BCUT2D eigenvalue weighted by Crippen LogP contribution is 2.24. The Labute approximate surface area is 123 Å². The second-order valence-electron chi connectivity index (χ2n) is 4.24. The van der Waals surface area contributed by atoms with E-state index < -0.39 is 4.92 Å². The summed E-state index contributed by atoms with van der Waals surface area (Å²) in [5.41, 5.74) is 1.76. The van der Waals surface area contributed by atoms with Crippen molar-refractivity contribution in [1.82, 2.24) is 0 Å². The molecule has 1 amide bonds. The molecule has 102 valence electrons. The first kappa shape index (κ1) is 14.2. The van der Waals surface area contributed by atoms with E-state index in [4.69, 9.17) is 0 Å². The maximum atomic E-state index is 12.1. The largest absolute Gasteiger partial charge is 0.321 e. The van der Waals surface area contributed by atoms with Crippen molar-refractivity contribution in [3.63, 3.8) is 0 Å². The normalized spacial score (nSPS) is 10.1. The third-order valence-corrected chi connectivity index (χ3v) is 3.38. The number of aryl methyl sites for hydroxylation is 1. The Morgan fingerprint density at radius 3 is 2.70 bits per heavy atom. The molecule has 5 nitrogen and oxygen atoms in total. The summed E-state index contributed by atoms with van der Waals surface area (Å²) in [5.74, 6) is -0.389. The number of carbonyl (C=O) groups is 1. The molecular formula is C14H11BrN2O3. The average molecular weight is 335 g/mol. The molecule has 0 saturated carbocycles. The number of benzene rings is 2. The van der Waals surface area contributed by atoms with Crippen molar-refractivity contribution >= 4 is 33.2 Å². The van der Waals surface area contributed by atoms with E-state index in [0.717, 1.165) is 10.0 Å². The number of hydrogen-bond donors (Lipinski definition) is 1. The number of nitrogens with one attached hydrogen (secondary N) is 1. The molecule has 2 aromatic carbocycles. The number of nitro benzene ring substituents is 1. The smallest absolute Gasteiger partial charge is 0.270 e. The minimum absolute atomic E-state index is 0.110. The molecule has 0 radical (unpaired) electrons. The van der Waals surface area contributed by atoms with Gasteiger partial charge in [-0.05, 0) is 46.6 Å². The molecule has 6 heteroatoms. The van der Waals surface area contributed by atoms with Gasteiger partial charge in [0.15, 0.2) is 0 Å². The van der Waals surface area contributed by atoms with Crippen LogP contribution in [-0.4, -0.2) is 10.8 Å². The van der Waals surface area contributed by atoms with Crippen LogP contribution in [0, 0.1) is 17.0 Å². The zero-order chi connectivity index (χ0) is 14.7. The molecule has 1 N–H and O–H groups in total. The predicted molar refractivity (Wildman–Crippen MR) is 79.9 cm³/mol. The van der Waals surface area contributed by atoms with Crippen LogP contribution in [0.1, 0.15) is 15.9 Å². The number of carbonyl (C=O) groups excluding carboxylic acids is 1. The molecule has 20 heavy (non-hydrogen) atoms. The highest BCUT2D eigenvalue weighted by Gasteiger charge is 2.12. The molecule has 0 aromatic heterocycles. The molecule has 2 rings (SSSR count). The zero-order valence-electron chi connectivity index (χ0n) is 10.6. The van der Waals surface area contributed by atoms with Gasteiger partial charge >= 0.3 is 0 Å². The number of amides is 1. The maximum Gasteiger partial charge on any atom is 0.270 e. The summed E-state index contributed by atoms with van der Waals surface area (Å²) in [7, 11) is 0. The highest BCUT2D eigenvalue weighted by molar-refractivity contribution is 9.10. The molecule has 0 fully saturated rings. The molecule has 0 unspecified atom stereocenters. The van der Waals surface area contributed by atoms with Crippen LogP contribution < -0.4 is 5.32 Å². The van der Waals surface area contributed by atoms with Crippen LogP contribution >= 0.6 is 15.9 Å². The van der Waals surface area contributed by atoms with Crippen molar-refractivity contribution in [3.05, 3.63) is 68.2 Å². The third-order valence-electron chi connectivity index (χ3n) is 2.69. The summed E-state index contributed by atoms with van der Waals surface area (Å²) in [6.45, 7) is 1.91. The van der Waals surface area contributed by atoms with Gasteiger partial charge in [0, 0.05) is 22.2 Å². The molecule has 0 bridgehead atoms. The number of non-ortho nitro benzene ring substituents is 1. The fourth-order valence-corrected chi connectivity index (χ4v) is 2.04. The number of nitro groups is 1. The van der Waals surface area contributed by atoms with Gasteiger partial charge < -0.3 is 5.32 Å². The van der Waals surface area contributed by atoms with E-state index in [-0.39, 0.29) is 17.2 Å². The Bertz CT molecular complexity index is 686. The Morgan fingerprint density at radius 1 is 1.25 bits per heavy atom. The molecule has 0 aliphatic rings. The molecule has 0 aliphatic carbocycles. The van der Waals surface area contributed by atoms with Crippen molar-refractivity contribution in [3.8, 4) is 0 Å². The number of hydrogen-bond acceptors (Lipinski definition) is 3. The second kappa shape index (κ2) is 5.83. The van der Waals surface area contributed by atoms with Crippen LogP contribution in [0.4, 0.5) is 11.4 Å². The number of halogens is 1. The van der Waals surface area contributed by atoms with Crippen molar-refractivity contribution in [2.24, 2.45) is 0 Å². The lowest BCUT2D eigenvalue weighted by molar-refractivity contribution is -0.384. The van der Waals surface area contributed by atoms with Gasteiger partial charge in [-0.1, -0.05) is 12.1 Å². The topological polar surface area (TPSA) is 72.2 Å². The summed E-state index contributed by atoms with van der Waals surface area (Å²) in [5, 5.41) is 13.4. The van der Waals surface area contributed by atoms with Crippen molar-refractivity contribution in [2.75, 3.05) is 5.32 Å². The van der Waals surface area contributed by atoms with Gasteiger partial charge in [-0.3, -0.25) is 14.9 Å². The molecule has 0 spiro atoms. The monoisotopic (exact) mass is 334 g/mol. The Hall–Kier alpha value is -2.21. The predicted octanol–water partition coefficient (Wildman–Crippen LogP) is 3.92. The molecule has 2 aromatic rings. The summed E-state index contributed by atoms with van der Waals surface area (Å²) in [6.07, 6.45) is 0. The molecule has 0 heterocycles. The Kier molecular flexibility index (Phi) is 4.14. The molecular weight excluding hydrogens is 324 g/mol. The lowest BCUT2D eigenvalue weighted by Gasteiger charge is -2.08. The number of nitrogens with zero attached hydrogens (tertiary/aromatic N) is 1. The van der Waals surface area contributed by atoms with E-state index in [1.165, 1.54) is 24.3 Å². The molecule has 0 saturated heterocycles. The zero-order valence-corrected chi connectivity index (χ0v) is 12.2. The van der Waals surface area contributed by atoms with Gasteiger partial charge in [0.1, 0.15) is 0 Å². The summed E-state index contributed by atoms with van der Waals surface area (Å²) in [6, 6.07) is 11.2. The summed E-state index contributed by atoms with van der Waals surface area (Å²) >= 11 is 3.35. The van der Waals surface area contributed by atoms with Crippen LogP contribution in [0.15, 0.2) is 46.9 Å². The van der Waals surface area contributed by atoms with E-state index in [1.807, 2.05) is 25.1 Å². The third kappa shape index (κ3) is 3.21. The first-order chi connectivity index (χ1) is 9.47. The van der Waals surface area contributed by atoms with Gasteiger partial charge in [0.25, 0.3) is 11.6 Å². The standard InChI is InChI=1S/C14H11BrN2O3/c1-9-5-6-12(15)13(7-9)16-14(18)10-3-2-4-11(8-10)17(19)20/h2-8H,1H3,(H,16,18). The van der Waals surface area contributed by atoms with E-state index >= 15 is 0 Å². The minimum atomic E-state index is -0.528. The van der Waals surface area contributed by atoms with Crippen molar-refractivity contribution in [1.29, 1.82) is 0 Å². The van der Waals surface area contributed by atoms with E-state index in [0.29, 0.717) is 5.69 Å². The lowest BCUT2D eigenvalue weighted by Crippen LogP contribution is -2.12. The fourth-order valence-electron chi connectivity index (χ4n) is 1.69. The molecule has 0 aliphatic heterocycles. The van der Waals surface area contributed by atoms with Crippen LogP contribution in [-0.2, 0) is 0 Å². The van der Waals surface area contributed by atoms with Gasteiger partial charge in [-0.25, -0.2) is 0 Å². The minimum Gasteiger partial charge on any atom is -0.321 e. The van der Waals surface area contributed by atoms with Gasteiger partial charge in [-0.2, -0.15) is 0 Å². The maximum absolute atomic E-state index is 12.1. The summed E-state index contributed by atoms with van der Waals surface area (Å²) < 4.78 is 0.752.